The third-order valence-corrected chi connectivity index (χ3v) is 3.54. The van der Waals surface area contributed by atoms with Crippen molar-refractivity contribution in [2.45, 2.75) is 6.61 Å². The molecule has 0 N–H and O–H groups in total. The van der Waals surface area contributed by atoms with E-state index in [1.165, 1.54) is 35.2 Å². The van der Waals surface area contributed by atoms with Crippen LogP contribution in [0, 0.1) is 28.5 Å². The Bertz CT molecular complexity index is 1010. The number of benzene rings is 2. The second-order valence-corrected chi connectivity index (χ2v) is 5.21. The number of rotatable bonds is 5. The van der Waals surface area contributed by atoms with Gasteiger partial charge in [-0.2, -0.15) is 10.5 Å². The smallest absolute Gasteiger partial charge is 0.177 e. The van der Waals surface area contributed by atoms with Crippen molar-refractivity contribution in [2.24, 2.45) is 5.16 Å². The van der Waals surface area contributed by atoms with E-state index in [2.05, 4.69) is 10.1 Å². The summed E-state index contributed by atoms with van der Waals surface area (Å²) in [5.74, 6) is -0.0992. The van der Waals surface area contributed by atoms with Crippen molar-refractivity contribution in [2.75, 3.05) is 0 Å². The first-order valence-corrected chi connectivity index (χ1v) is 7.60. The van der Waals surface area contributed by atoms with Gasteiger partial charge in [0.2, 0.25) is 0 Å². The molecular weight excluding hydrogens is 333 g/mol. The molecule has 3 rings (SSSR count). The summed E-state index contributed by atoms with van der Waals surface area (Å²) in [7, 11) is 0. The number of nitriles is 2. The number of aromatic nitrogens is 2. The summed E-state index contributed by atoms with van der Waals surface area (Å²) >= 11 is 0. The van der Waals surface area contributed by atoms with Crippen molar-refractivity contribution in [1.29, 1.82) is 10.5 Å². The Labute approximate surface area is 149 Å². The highest BCUT2D eigenvalue weighted by Gasteiger charge is 2.17. The van der Waals surface area contributed by atoms with Crippen LogP contribution in [0.3, 0.4) is 0 Å². The van der Waals surface area contributed by atoms with Gasteiger partial charge in [-0.05, 0) is 29.8 Å². The lowest BCUT2D eigenvalue weighted by Gasteiger charge is -2.03. The quantitative estimate of drug-likeness (QED) is 0.403. The van der Waals surface area contributed by atoms with E-state index in [1.807, 2.05) is 42.5 Å². The van der Waals surface area contributed by atoms with Crippen LogP contribution in [0.2, 0.25) is 0 Å². The molecule has 0 saturated heterocycles. The van der Waals surface area contributed by atoms with E-state index in [-0.39, 0.29) is 18.0 Å². The summed E-state index contributed by atoms with van der Waals surface area (Å²) in [6.07, 6.45) is 1.27. The number of halogens is 1. The van der Waals surface area contributed by atoms with E-state index in [0.717, 1.165) is 5.56 Å². The highest BCUT2D eigenvalue weighted by Crippen LogP contribution is 2.21. The summed E-state index contributed by atoms with van der Waals surface area (Å²) < 4.78 is 14.5. The van der Waals surface area contributed by atoms with Gasteiger partial charge in [-0.3, -0.25) is 4.57 Å². The third kappa shape index (κ3) is 3.58. The molecule has 0 fully saturated rings. The fourth-order valence-electron chi connectivity index (χ4n) is 2.30. The predicted molar refractivity (Wildman–Crippen MR) is 92.2 cm³/mol. The first kappa shape index (κ1) is 16.9. The van der Waals surface area contributed by atoms with Gasteiger partial charge in [-0.25, -0.2) is 9.37 Å². The number of hydrogen-bond donors (Lipinski definition) is 0. The lowest BCUT2D eigenvalue weighted by atomic mass is 10.2. The minimum Gasteiger partial charge on any atom is -0.390 e. The van der Waals surface area contributed by atoms with Crippen LogP contribution < -0.4 is 0 Å². The fraction of sp³-hybridized carbons (Fsp3) is 0.0526. The topological polar surface area (TPSA) is 87.0 Å². The minimum absolute atomic E-state index is 0.0267. The summed E-state index contributed by atoms with van der Waals surface area (Å²) in [5.41, 5.74) is 1.46. The normalized spacial score (nSPS) is 10.4. The number of hydrogen-bond acceptors (Lipinski definition) is 5. The highest BCUT2D eigenvalue weighted by molar-refractivity contribution is 5.72. The van der Waals surface area contributed by atoms with Crippen LogP contribution in [0.4, 0.5) is 4.39 Å². The predicted octanol–water partition coefficient (Wildman–Crippen LogP) is 3.44. The molecule has 0 unspecified atom stereocenters. The fourth-order valence-corrected chi connectivity index (χ4v) is 2.30. The average molecular weight is 345 g/mol. The molecule has 0 aliphatic carbocycles. The van der Waals surface area contributed by atoms with E-state index >= 15 is 0 Å². The van der Waals surface area contributed by atoms with Gasteiger partial charge < -0.3 is 4.84 Å². The molecule has 0 amide bonds. The molecule has 1 aromatic heterocycles. The van der Waals surface area contributed by atoms with Gasteiger partial charge in [-0.15, -0.1) is 0 Å². The maximum Gasteiger partial charge on any atom is 0.177 e. The number of oxime groups is 1. The van der Waals surface area contributed by atoms with Gasteiger partial charge >= 0.3 is 0 Å². The number of imidazole rings is 1. The van der Waals surface area contributed by atoms with Gasteiger partial charge in [0.05, 0.1) is 0 Å². The lowest BCUT2D eigenvalue weighted by molar-refractivity contribution is 0.131. The van der Waals surface area contributed by atoms with Gasteiger partial charge in [0, 0.05) is 5.56 Å². The Morgan fingerprint density at radius 2 is 1.81 bits per heavy atom. The Kier molecular flexibility index (Phi) is 5.02. The van der Waals surface area contributed by atoms with E-state index in [0.29, 0.717) is 11.4 Å². The Morgan fingerprint density at radius 3 is 2.46 bits per heavy atom. The van der Waals surface area contributed by atoms with Crippen LogP contribution in [0.15, 0.2) is 59.8 Å². The van der Waals surface area contributed by atoms with Crippen LogP contribution in [-0.2, 0) is 11.4 Å². The molecule has 0 aliphatic rings. The van der Waals surface area contributed by atoms with Crippen molar-refractivity contribution in [3.05, 3.63) is 77.4 Å². The summed E-state index contributed by atoms with van der Waals surface area (Å²) in [6, 6.07) is 18.8. The molecule has 2 aromatic carbocycles. The van der Waals surface area contributed by atoms with Crippen LogP contribution >= 0.6 is 0 Å². The highest BCUT2D eigenvalue weighted by atomic mass is 19.1. The minimum atomic E-state index is -0.396. The van der Waals surface area contributed by atoms with E-state index in [1.54, 1.807) is 0 Å². The van der Waals surface area contributed by atoms with Gasteiger partial charge in [0.15, 0.2) is 11.4 Å². The Balaban J connectivity index is 1.90. The zero-order chi connectivity index (χ0) is 18.4. The first-order valence-electron chi connectivity index (χ1n) is 7.60. The van der Waals surface area contributed by atoms with Crippen molar-refractivity contribution in [1.82, 2.24) is 9.55 Å². The molecule has 26 heavy (non-hydrogen) atoms. The van der Waals surface area contributed by atoms with Crippen LogP contribution in [0.1, 0.15) is 17.0 Å². The molecule has 0 bridgehead atoms. The van der Waals surface area contributed by atoms with Gasteiger partial charge in [-0.1, -0.05) is 35.5 Å². The largest absolute Gasteiger partial charge is 0.390 e. The molecule has 0 radical (unpaired) electrons. The van der Waals surface area contributed by atoms with Crippen LogP contribution in [0.5, 0.6) is 0 Å². The summed E-state index contributed by atoms with van der Waals surface area (Å²) in [5, 5.41) is 22.4. The monoisotopic (exact) mass is 345 g/mol. The summed E-state index contributed by atoms with van der Waals surface area (Å²) in [6.45, 7) is 0.255. The number of nitrogens with zero attached hydrogens (tertiary/aromatic N) is 5. The molecule has 6 nitrogen and oxygen atoms in total. The van der Waals surface area contributed by atoms with Crippen molar-refractivity contribution < 1.29 is 9.23 Å². The van der Waals surface area contributed by atoms with E-state index < -0.39 is 5.82 Å². The summed E-state index contributed by atoms with van der Waals surface area (Å²) in [4.78, 5) is 9.39. The Hall–Kier alpha value is -3.97. The van der Waals surface area contributed by atoms with Crippen molar-refractivity contribution >= 4 is 6.34 Å². The first-order chi connectivity index (χ1) is 12.7. The molecule has 3 aromatic rings. The van der Waals surface area contributed by atoms with E-state index in [9.17, 15) is 14.9 Å². The second-order valence-electron chi connectivity index (χ2n) is 5.21. The molecule has 0 saturated carbocycles. The van der Waals surface area contributed by atoms with Gasteiger partial charge in [0.25, 0.3) is 0 Å². The molecule has 0 spiro atoms. The molecule has 1 heterocycles. The zero-order valence-electron chi connectivity index (χ0n) is 13.5. The molecule has 0 aliphatic heterocycles. The molecule has 7 heteroatoms. The SMILES string of the molecule is N#Cc1nc(-c2ccc(F)cc2)n(/C=N/OCc2ccccc2)c1C#N. The van der Waals surface area contributed by atoms with Gasteiger partial charge in [0.1, 0.15) is 36.7 Å². The molecular formula is C19H12FN5O. The van der Waals surface area contributed by atoms with Crippen molar-refractivity contribution in [3.8, 4) is 23.5 Å². The Morgan fingerprint density at radius 1 is 1.08 bits per heavy atom. The van der Waals surface area contributed by atoms with Crippen LogP contribution in [0.25, 0.3) is 11.4 Å². The van der Waals surface area contributed by atoms with Crippen LogP contribution in [-0.4, -0.2) is 15.9 Å². The maximum absolute atomic E-state index is 13.2. The molecule has 126 valence electrons. The van der Waals surface area contributed by atoms with Crippen molar-refractivity contribution in [3.63, 3.8) is 0 Å². The third-order valence-electron chi connectivity index (χ3n) is 3.54. The maximum atomic E-state index is 13.2. The molecule has 0 atom stereocenters. The second kappa shape index (κ2) is 7.73. The average Bonchev–Trinajstić information content (AvgIpc) is 3.04. The zero-order valence-corrected chi connectivity index (χ0v) is 13.5. The van der Waals surface area contributed by atoms with E-state index in [4.69, 9.17) is 4.84 Å². The lowest BCUT2D eigenvalue weighted by Crippen LogP contribution is -2.03. The standard InChI is InChI=1S/C19H12FN5O/c20-16-8-6-15(7-9-16)19-24-17(10-21)18(11-22)25(19)13-23-26-12-14-4-2-1-3-5-14/h1-9,13H,12H2/b23-13+.